The molecular formula is C18H22F3N5O. The number of halogens is 3. The number of nitrogens with zero attached hydrogens (tertiary/aromatic N) is 4. The minimum absolute atomic E-state index is 0.174. The lowest BCUT2D eigenvalue weighted by atomic mass is 9.98. The molecule has 2 heterocycles. The fraction of sp³-hybridized carbons (Fsp3) is 0.611. The molecule has 2 aliphatic rings. The van der Waals surface area contributed by atoms with E-state index in [1.807, 2.05) is 9.80 Å². The topological polar surface area (TPSA) is 72.3 Å². The number of nitriles is 1. The van der Waals surface area contributed by atoms with Crippen LogP contribution in [0, 0.1) is 17.2 Å². The summed E-state index contributed by atoms with van der Waals surface area (Å²) in [5.41, 5.74) is -1.57. The van der Waals surface area contributed by atoms with Crippen LogP contribution in [-0.2, 0) is 11.0 Å². The second-order valence-electron chi connectivity index (χ2n) is 7.30. The summed E-state index contributed by atoms with van der Waals surface area (Å²) in [5, 5.41) is 12.2. The van der Waals surface area contributed by atoms with Crippen molar-refractivity contribution in [2.75, 3.05) is 37.6 Å². The molecule has 9 heteroatoms. The number of carbonyl (C=O) groups is 1. The normalized spacial score (nSPS) is 20.6. The van der Waals surface area contributed by atoms with Gasteiger partial charge in [0, 0.05) is 32.4 Å². The number of alkyl halides is 3. The fourth-order valence-electron chi connectivity index (χ4n) is 3.29. The Bertz CT molecular complexity index is 718. The van der Waals surface area contributed by atoms with Gasteiger partial charge in [-0.25, -0.2) is 4.98 Å². The fourth-order valence-corrected chi connectivity index (χ4v) is 3.29. The van der Waals surface area contributed by atoms with E-state index in [4.69, 9.17) is 0 Å². The Kier molecular flexibility index (Phi) is 5.29. The van der Waals surface area contributed by atoms with Crippen LogP contribution in [0.3, 0.4) is 0 Å². The van der Waals surface area contributed by atoms with E-state index in [1.165, 1.54) is 6.07 Å². The first-order valence-electron chi connectivity index (χ1n) is 8.94. The Morgan fingerprint density at radius 1 is 1.30 bits per heavy atom. The highest BCUT2D eigenvalue weighted by Gasteiger charge is 2.43. The van der Waals surface area contributed by atoms with E-state index in [1.54, 1.807) is 6.92 Å². The van der Waals surface area contributed by atoms with E-state index >= 15 is 0 Å². The van der Waals surface area contributed by atoms with Crippen LogP contribution in [0.1, 0.15) is 25.3 Å². The molecule has 146 valence electrons. The van der Waals surface area contributed by atoms with E-state index in [0.717, 1.165) is 25.1 Å². The van der Waals surface area contributed by atoms with Gasteiger partial charge in [-0.15, -0.1) is 0 Å². The van der Waals surface area contributed by atoms with Gasteiger partial charge in [-0.2, -0.15) is 18.4 Å². The van der Waals surface area contributed by atoms with Gasteiger partial charge < -0.3 is 10.2 Å². The van der Waals surface area contributed by atoms with Crippen LogP contribution in [0.4, 0.5) is 19.0 Å². The van der Waals surface area contributed by atoms with Gasteiger partial charge in [0.2, 0.25) is 5.91 Å². The summed E-state index contributed by atoms with van der Waals surface area (Å²) in [7, 11) is 0. The van der Waals surface area contributed by atoms with Crippen LogP contribution in [-0.4, -0.2) is 54.1 Å². The van der Waals surface area contributed by atoms with E-state index in [9.17, 15) is 23.2 Å². The monoisotopic (exact) mass is 381 g/mol. The Morgan fingerprint density at radius 3 is 2.44 bits per heavy atom. The highest BCUT2D eigenvalue weighted by molar-refractivity contribution is 5.79. The smallest absolute Gasteiger partial charge is 0.354 e. The van der Waals surface area contributed by atoms with E-state index in [2.05, 4.69) is 16.4 Å². The molecule has 3 rings (SSSR count). The van der Waals surface area contributed by atoms with Crippen molar-refractivity contribution in [3.63, 3.8) is 0 Å². The molecule has 0 radical (unpaired) electrons. The highest BCUT2D eigenvalue weighted by Crippen LogP contribution is 2.39. The Morgan fingerprint density at radius 2 is 1.96 bits per heavy atom. The van der Waals surface area contributed by atoms with Crippen molar-refractivity contribution in [2.24, 2.45) is 5.92 Å². The van der Waals surface area contributed by atoms with Gasteiger partial charge >= 0.3 is 6.18 Å². The molecule has 1 aliphatic carbocycles. The van der Waals surface area contributed by atoms with Crippen molar-refractivity contribution in [3.8, 4) is 6.07 Å². The SMILES string of the molecule is C[C@](C#N)(NC(=O)CN1CCN(c2ccc(C(F)(F)F)cn2)CC1)C1CC1. The zero-order chi connectivity index (χ0) is 19.7. The first-order chi connectivity index (χ1) is 12.7. The molecule has 0 aromatic carbocycles. The third-order valence-corrected chi connectivity index (χ3v) is 5.16. The number of amides is 1. The Labute approximate surface area is 156 Å². The van der Waals surface area contributed by atoms with Gasteiger partial charge in [-0.3, -0.25) is 9.69 Å². The maximum Gasteiger partial charge on any atom is 0.417 e. The van der Waals surface area contributed by atoms with Crippen LogP contribution in [0.2, 0.25) is 0 Å². The number of piperazine rings is 1. The molecule has 1 aromatic heterocycles. The van der Waals surface area contributed by atoms with Crippen LogP contribution in [0.25, 0.3) is 0 Å². The van der Waals surface area contributed by atoms with Crippen molar-refractivity contribution in [3.05, 3.63) is 23.9 Å². The number of nitrogens with one attached hydrogen (secondary N) is 1. The minimum atomic E-state index is -4.39. The Hall–Kier alpha value is -2.34. The van der Waals surface area contributed by atoms with Gasteiger partial charge in [-0.05, 0) is 37.8 Å². The summed E-state index contributed by atoms with van der Waals surface area (Å²) in [6, 6.07) is 4.61. The third-order valence-electron chi connectivity index (χ3n) is 5.16. The van der Waals surface area contributed by atoms with Crippen molar-refractivity contribution in [2.45, 2.75) is 31.5 Å². The summed E-state index contributed by atoms with van der Waals surface area (Å²) in [6.45, 7) is 4.31. The molecule has 1 aromatic rings. The second kappa shape index (κ2) is 7.35. The summed E-state index contributed by atoms with van der Waals surface area (Å²) in [6.07, 6.45) is -1.63. The molecule has 1 saturated heterocycles. The summed E-state index contributed by atoms with van der Waals surface area (Å²) in [5.74, 6) is 0.555. The molecule has 1 aliphatic heterocycles. The number of hydrogen-bond acceptors (Lipinski definition) is 5. The maximum atomic E-state index is 12.6. The highest BCUT2D eigenvalue weighted by atomic mass is 19.4. The number of carbonyl (C=O) groups excluding carboxylic acids is 1. The lowest BCUT2D eigenvalue weighted by molar-refractivity contribution is -0.137. The van der Waals surface area contributed by atoms with Gasteiger partial charge in [0.25, 0.3) is 0 Å². The van der Waals surface area contributed by atoms with Crippen molar-refractivity contribution < 1.29 is 18.0 Å². The molecular weight excluding hydrogens is 359 g/mol. The molecule has 27 heavy (non-hydrogen) atoms. The third kappa shape index (κ3) is 4.69. The zero-order valence-corrected chi connectivity index (χ0v) is 15.1. The second-order valence-corrected chi connectivity index (χ2v) is 7.30. The maximum absolute atomic E-state index is 12.6. The summed E-state index contributed by atoms with van der Waals surface area (Å²) >= 11 is 0. The lowest BCUT2D eigenvalue weighted by Gasteiger charge is -2.35. The summed E-state index contributed by atoms with van der Waals surface area (Å²) < 4.78 is 37.8. The number of hydrogen-bond donors (Lipinski definition) is 1. The average Bonchev–Trinajstić information content (AvgIpc) is 3.47. The first-order valence-corrected chi connectivity index (χ1v) is 8.94. The average molecular weight is 381 g/mol. The van der Waals surface area contributed by atoms with Crippen LogP contribution < -0.4 is 10.2 Å². The number of rotatable bonds is 5. The lowest BCUT2D eigenvalue weighted by Crippen LogP contribution is -2.53. The number of aromatic nitrogens is 1. The van der Waals surface area contributed by atoms with Crippen LogP contribution in [0.5, 0.6) is 0 Å². The molecule has 6 nitrogen and oxygen atoms in total. The quantitative estimate of drug-likeness (QED) is 0.845. The largest absolute Gasteiger partial charge is 0.417 e. The molecule has 1 atom stereocenters. The van der Waals surface area contributed by atoms with E-state index in [0.29, 0.717) is 32.0 Å². The Balaban J connectivity index is 1.49. The molecule has 0 unspecified atom stereocenters. The van der Waals surface area contributed by atoms with Crippen LogP contribution >= 0.6 is 0 Å². The molecule has 2 fully saturated rings. The van der Waals surface area contributed by atoms with Gasteiger partial charge in [0.05, 0.1) is 18.2 Å². The molecule has 1 N–H and O–H groups in total. The predicted molar refractivity (Wildman–Crippen MR) is 92.8 cm³/mol. The first kappa shape index (κ1) is 19.4. The van der Waals surface area contributed by atoms with Crippen molar-refractivity contribution in [1.29, 1.82) is 5.26 Å². The van der Waals surface area contributed by atoms with Crippen LogP contribution in [0.15, 0.2) is 18.3 Å². The molecule has 1 saturated carbocycles. The van der Waals surface area contributed by atoms with Gasteiger partial charge in [0.1, 0.15) is 11.4 Å². The summed E-state index contributed by atoms with van der Waals surface area (Å²) in [4.78, 5) is 20.1. The van der Waals surface area contributed by atoms with E-state index in [-0.39, 0.29) is 18.4 Å². The molecule has 0 bridgehead atoms. The minimum Gasteiger partial charge on any atom is -0.354 e. The predicted octanol–water partition coefficient (Wildman–Crippen LogP) is 2.03. The van der Waals surface area contributed by atoms with Gasteiger partial charge in [-0.1, -0.05) is 0 Å². The van der Waals surface area contributed by atoms with E-state index < -0.39 is 17.3 Å². The van der Waals surface area contributed by atoms with Gasteiger partial charge in [0.15, 0.2) is 0 Å². The molecule has 0 spiro atoms. The number of pyridine rings is 1. The van der Waals surface area contributed by atoms with Crippen molar-refractivity contribution in [1.82, 2.24) is 15.2 Å². The zero-order valence-electron chi connectivity index (χ0n) is 15.1. The molecule has 1 amide bonds. The van der Waals surface area contributed by atoms with Crippen molar-refractivity contribution >= 4 is 11.7 Å². The standard InChI is InChI=1S/C18H22F3N5O/c1-17(12-22,13-2-3-13)24-16(27)11-25-6-8-26(9-7-25)15-5-4-14(10-23-15)18(19,20)21/h4-5,10,13H,2-3,6-9,11H2,1H3,(H,24,27)/t17-/m1/s1. The number of anilines is 1.